The summed E-state index contributed by atoms with van der Waals surface area (Å²) in [5.74, 6) is 0.147. The van der Waals surface area contributed by atoms with Crippen molar-refractivity contribution in [2.45, 2.75) is 13.5 Å². The van der Waals surface area contributed by atoms with Gasteiger partial charge in [-0.1, -0.05) is 16.8 Å². The fourth-order valence-electron chi connectivity index (χ4n) is 2.53. The van der Waals surface area contributed by atoms with Gasteiger partial charge in [0.05, 0.1) is 12.1 Å². The summed E-state index contributed by atoms with van der Waals surface area (Å²) in [6.07, 6.45) is 1.73. The number of nitrogens with one attached hydrogen (secondary N) is 1. The summed E-state index contributed by atoms with van der Waals surface area (Å²) >= 11 is 5.82. The molecule has 0 aliphatic heterocycles. The summed E-state index contributed by atoms with van der Waals surface area (Å²) in [5, 5.41) is 14.8. The standard InChI is InChI=1S/C17H12ClFN6O2/c1-9-21-17(27-24-9)10-4-5-25-14(6-10)22-23-15(25)8-20-16(26)12-7-11(18)2-3-13(12)19/h2-7H,8H2,1H3,(H,20,26). The van der Waals surface area contributed by atoms with Crippen LogP contribution in [-0.2, 0) is 6.54 Å². The van der Waals surface area contributed by atoms with Gasteiger partial charge in [-0.15, -0.1) is 10.2 Å². The van der Waals surface area contributed by atoms with Crippen LogP contribution in [0.3, 0.4) is 0 Å². The first kappa shape index (κ1) is 17.1. The minimum Gasteiger partial charge on any atom is -0.345 e. The van der Waals surface area contributed by atoms with Gasteiger partial charge in [-0.25, -0.2) is 4.39 Å². The highest BCUT2D eigenvalue weighted by Gasteiger charge is 2.15. The first-order chi connectivity index (χ1) is 13.0. The second-order valence-corrected chi connectivity index (χ2v) is 6.15. The van der Waals surface area contributed by atoms with Crippen molar-refractivity contribution in [3.8, 4) is 11.5 Å². The molecule has 0 atom stereocenters. The van der Waals surface area contributed by atoms with Gasteiger partial charge < -0.3 is 9.84 Å². The highest BCUT2D eigenvalue weighted by Crippen LogP contribution is 2.19. The molecule has 1 amide bonds. The molecule has 0 radical (unpaired) electrons. The van der Waals surface area contributed by atoms with E-state index in [0.717, 1.165) is 6.07 Å². The molecule has 0 saturated carbocycles. The number of pyridine rings is 1. The molecule has 0 aliphatic carbocycles. The molecule has 0 spiro atoms. The molecular formula is C17H12ClFN6O2. The molecule has 0 saturated heterocycles. The molecule has 3 heterocycles. The summed E-state index contributed by atoms with van der Waals surface area (Å²) in [7, 11) is 0. The minimum absolute atomic E-state index is 0.0605. The third kappa shape index (κ3) is 3.36. The minimum atomic E-state index is -0.650. The third-order valence-corrected chi connectivity index (χ3v) is 4.07. The van der Waals surface area contributed by atoms with Gasteiger partial charge in [-0.05, 0) is 37.3 Å². The Morgan fingerprint density at radius 1 is 1.30 bits per heavy atom. The normalized spacial score (nSPS) is 11.1. The number of hydrogen-bond donors (Lipinski definition) is 1. The van der Waals surface area contributed by atoms with Crippen LogP contribution < -0.4 is 5.32 Å². The zero-order valence-corrected chi connectivity index (χ0v) is 14.7. The Balaban J connectivity index is 1.54. The van der Waals surface area contributed by atoms with Gasteiger partial charge in [-0.3, -0.25) is 9.20 Å². The van der Waals surface area contributed by atoms with Crippen molar-refractivity contribution in [2.75, 3.05) is 0 Å². The van der Waals surface area contributed by atoms with Crippen molar-refractivity contribution in [1.82, 2.24) is 30.1 Å². The van der Waals surface area contributed by atoms with Crippen molar-refractivity contribution < 1.29 is 13.7 Å². The van der Waals surface area contributed by atoms with E-state index in [1.54, 1.807) is 29.7 Å². The van der Waals surface area contributed by atoms with Crippen LogP contribution in [0, 0.1) is 12.7 Å². The number of aryl methyl sites for hydroxylation is 1. The molecule has 1 N–H and O–H groups in total. The van der Waals surface area contributed by atoms with E-state index in [0.29, 0.717) is 28.8 Å². The van der Waals surface area contributed by atoms with Crippen LogP contribution in [0.15, 0.2) is 41.1 Å². The van der Waals surface area contributed by atoms with E-state index in [9.17, 15) is 9.18 Å². The van der Waals surface area contributed by atoms with Gasteiger partial charge in [0.15, 0.2) is 17.3 Å². The zero-order chi connectivity index (χ0) is 19.0. The van der Waals surface area contributed by atoms with Crippen LogP contribution in [0.2, 0.25) is 5.02 Å². The molecule has 1 aromatic carbocycles. The number of halogens is 2. The van der Waals surface area contributed by atoms with E-state index in [-0.39, 0.29) is 17.1 Å². The average molecular weight is 387 g/mol. The van der Waals surface area contributed by atoms with E-state index < -0.39 is 11.7 Å². The quantitative estimate of drug-likeness (QED) is 0.579. The second kappa shape index (κ2) is 6.76. The van der Waals surface area contributed by atoms with Crippen LogP contribution in [0.25, 0.3) is 17.1 Å². The molecule has 27 heavy (non-hydrogen) atoms. The zero-order valence-electron chi connectivity index (χ0n) is 14.0. The highest BCUT2D eigenvalue weighted by atomic mass is 35.5. The van der Waals surface area contributed by atoms with Crippen molar-refractivity contribution in [2.24, 2.45) is 0 Å². The maximum absolute atomic E-state index is 13.8. The Labute approximate surface area is 157 Å². The van der Waals surface area contributed by atoms with Crippen LogP contribution in [0.1, 0.15) is 22.0 Å². The maximum Gasteiger partial charge on any atom is 0.258 e. The van der Waals surface area contributed by atoms with Crippen LogP contribution in [0.5, 0.6) is 0 Å². The van der Waals surface area contributed by atoms with Crippen LogP contribution >= 0.6 is 11.6 Å². The Morgan fingerprint density at radius 2 is 2.15 bits per heavy atom. The number of fused-ring (bicyclic) bond motifs is 1. The van der Waals surface area contributed by atoms with E-state index in [1.165, 1.54) is 12.1 Å². The maximum atomic E-state index is 13.8. The number of amides is 1. The molecule has 4 aromatic rings. The number of rotatable bonds is 4. The lowest BCUT2D eigenvalue weighted by Gasteiger charge is -2.06. The van der Waals surface area contributed by atoms with E-state index in [4.69, 9.17) is 16.1 Å². The van der Waals surface area contributed by atoms with Gasteiger partial charge >= 0.3 is 0 Å². The number of carbonyl (C=O) groups excluding carboxylic acids is 1. The molecule has 3 aromatic heterocycles. The van der Waals surface area contributed by atoms with Gasteiger partial charge in [0.25, 0.3) is 11.8 Å². The molecular weight excluding hydrogens is 375 g/mol. The monoisotopic (exact) mass is 386 g/mol. The Morgan fingerprint density at radius 3 is 2.93 bits per heavy atom. The number of carbonyl (C=O) groups is 1. The molecule has 0 aliphatic rings. The molecule has 0 unspecified atom stereocenters. The summed E-state index contributed by atoms with van der Waals surface area (Å²) in [5.41, 5.74) is 1.11. The number of hydrogen-bond acceptors (Lipinski definition) is 6. The Hall–Kier alpha value is -3.33. The summed E-state index contributed by atoms with van der Waals surface area (Å²) in [4.78, 5) is 16.4. The largest absolute Gasteiger partial charge is 0.345 e. The van der Waals surface area contributed by atoms with Gasteiger partial charge in [0.2, 0.25) is 0 Å². The van der Waals surface area contributed by atoms with Crippen molar-refractivity contribution >= 4 is 23.2 Å². The van der Waals surface area contributed by atoms with Gasteiger partial charge in [-0.2, -0.15) is 4.98 Å². The fraction of sp³-hybridized carbons (Fsp3) is 0.118. The Kier molecular flexibility index (Phi) is 4.28. The summed E-state index contributed by atoms with van der Waals surface area (Å²) < 4.78 is 20.6. The molecule has 136 valence electrons. The number of nitrogens with zero attached hydrogens (tertiary/aromatic N) is 5. The molecule has 0 bridgehead atoms. The first-order valence-corrected chi connectivity index (χ1v) is 8.26. The summed E-state index contributed by atoms with van der Waals surface area (Å²) in [6, 6.07) is 7.30. The van der Waals surface area contributed by atoms with Gasteiger partial charge in [0.1, 0.15) is 5.82 Å². The molecule has 10 heteroatoms. The van der Waals surface area contributed by atoms with E-state index in [2.05, 4.69) is 25.7 Å². The lowest BCUT2D eigenvalue weighted by Crippen LogP contribution is -2.25. The first-order valence-electron chi connectivity index (χ1n) is 7.89. The van der Waals surface area contributed by atoms with Crippen molar-refractivity contribution in [3.63, 3.8) is 0 Å². The lowest BCUT2D eigenvalue weighted by molar-refractivity contribution is 0.0945. The number of aromatic nitrogens is 5. The SMILES string of the molecule is Cc1noc(-c2ccn3c(CNC(=O)c4cc(Cl)ccc4F)nnc3c2)n1. The van der Waals surface area contributed by atoms with E-state index >= 15 is 0 Å². The molecule has 8 nitrogen and oxygen atoms in total. The predicted molar refractivity (Wildman–Crippen MR) is 93.6 cm³/mol. The smallest absolute Gasteiger partial charge is 0.258 e. The van der Waals surface area contributed by atoms with Crippen LogP contribution in [-0.4, -0.2) is 30.6 Å². The van der Waals surface area contributed by atoms with Crippen LogP contribution in [0.4, 0.5) is 4.39 Å². The van der Waals surface area contributed by atoms with E-state index in [1.807, 2.05) is 0 Å². The predicted octanol–water partition coefficient (Wildman–Crippen LogP) is 2.81. The summed E-state index contributed by atoms with van der Waals surface area (Å²) in [6.45, 7) is 1.79. The average Bonchev–Trinajstić information content (AvgIpc) is 3.27. The third-order valence-electron chi connectivity index (χ3n) is 3.84. The second-order valence-electron chi connectivity index (χ2n) is 5.71. The molecule has 4 rings (SSSR count). The topological polar surface area (TPSA) is 98.2 Å². The highest BCUT2D eigenvalue weighted by molar-refractivity contribution is 6.31. The van der Waals surface area contributed by atoms with Gasteiger partial charge in [0, 0.05) is 16.8 Å². The molecule has 0 fully saturated rings. The number of benzene rings is 1. The Bertz CT molecular complexity index is 1160. The fourth-order valence-corrected chi connectivity index (χ4v) is 2.71. The lowest BCUT2D eigenvalue weighted by atomic mass is 10.2. The van der Waals surface area contributed by atoms with Crippen molar-refractivity contribution in [1.29, 1.82) is 0 Å². The van der Waals surface area contributed by atoms with Crippen molar-refractivity contribution in [3.05, 3.63) is 64.6 Å².